The van der Waals surface area contributed by atoms with Crippen LogP contribution in [-0.4, -0.2) is 51.1 Å². The van der Waals surface area contributed by atoms with E-state index < -0.39 is 0 Å². The molecule has 6 heteroatoms. The third-order valence-electron chi connectivity index (χ3n) is 4.62. The third kappa shape index (κ3) is 4.72. The van der Waals surface area contributed by atoms with Gasteiger partial charge in [-0.1, -0.05) is 0 Å². The number of rotatable bonds is 8. The number of hydrogen-bond acceptors (Lipinski definition) is 4. The molecule has 2 aromatic carbocycles. The first-order valence-corrected chi connectivity index (χ1v) is 9.60. The standard InChI is InChI=1S/C21H24N4O2/c1(14-26-18-6-2-16(3-7-18)20-22-10-11-23-20)15-27-19-8-4-17(5-9-19)21-24-12-13-25-21/h2-9H,1,10-15H2,(H,22,23)(H,24,25)/p+2. The van der Waals surface area contributed by atoms with Crippen molar-refractivity contribution >= 4 is 11.7 Å². The Morgan fingerprint density at radius 3 is 1.48 bits per heavy atom. The molecule has 6 nitrogen and oxygen atoms in total. The molecule has 0 saturated heterocycles. The Bertz CT molecular complexity index is 744. The zero-order chi connectivity index (χ0) is 18.3. The van der Waals surface area contributed by atoms with E-state index in [4.69, 9.17) is 9.47 Å². The van der Waals surface area contributed by atoms with Crippen molar-refractivity contribution in [3.05, 3.63) is 59.7 Å². The molecule has 0 saturated carbocycles. The summed E-state index contributed by atoms with van der Waals surface area (Å²) in [4.78, 5) is 8.95. The van der Waals surface area contributed by atoms with Crippen LogP contribution in [0.4, 0.5) is 0 Å². The van der Waals surface area contributed by atoms with Crippen molar-refractivity contribution in [2.75, 3.05) is 39.4 Å². The van der Waals surface area contributed by atoms with E-state index in [1.165, 1.54) is 0 Å². The third-order valence-corrected chi connectivity index (χ3v) is 4.62. The number of nitrogens with zero attached hydrogens (tertiary/aromatic N) is 2. The van der Waals surface area contributed by atoms with E-state index in [0.717, 1.165) is 66.9 Å². The first kappa shape index (κ1) is 17.7. The molecule has 4 N–H and O–H groups in total. The molecule has 0 fully saturated rings. The number of ether oxygens (including phenoxy) is 2. The topological polar surface area (TPSA) is 76.4 Å². The van der Waals surface area contributed by atoms with Crippen LogP contribution in [0.2, 0.25) is 0 Å². The van der Waals surface area contributed by atoms with Gasteiger partial charge in [-0.3, -0.25) is 10.6 Å². The number of benzene rings is 2. The lowest BCUT2D eigenvalue weighted by molar-refractivity contribution is -0.527. The molecule has 0 spiro atoms. The summed E-state index contributed by atoms with van der Waals surface area (Å²) < 4.78 is 11.6. The number of quaternary nitrogens is 2. The Kier molecular flexibility index (Phi) is 5.76. The van der Waals surface area contributed by atoms with E-state index in [1.54, 1.807) is 0 Å². The summed E-state index contributed by atoms with van der Waals surface area (Å²) in [6.45, 7) is 5.17. The Balaban J connectivity index is 1.17. The highest BCUT2D eigenvalue weighted by Crippen LogP contribution is 2.14. The van der Waals surface area contributed by atoms with Gasteiger partial charge in [-0.2, -0.15) is 0 Å². The maximum absolute atomic E-state index is 5.80. The maximum Gasteiger partial charge on any atom is 0.227 e. The van der Waals surface area contributed by atoms with Crippen LogP contribution in [0.25, 0.3) is 0 Å². The molecule has 0 radical (unpaired) electrons. The van der Waals surface area contributed by atoms with Gasteiger partial charge >= 0.3 is 0 Å². The monoisotopic (exact) mass is 366 g/mol. The van der Waals surface area contributed by atoms with Gasteiger partial charge in [0.25, 0.3) is 0 Å². The van der Waals surface area contributed by atoms with Crippen molar-refractivity contribution < 1.29 is 20.1 Å². The van der Waals surface area contributed by atoms with Crippen LogP contribution in [0.3, 0.4) is 0 Å². The first-order valence-electron chi connectivity index (χ1n) is 9.60. The van der Waals surface area contributed by atoms with E-state index >= 15 is 0 Å². The average Bonchev–Trinajstić information content (AvgIpc) is 3.43. The van der Waals surface area contributed by atoms with Crippen LogP contribution in [-0.2, 0) is 0 Å². The Morgan fingerprint density at radius 1 is 0.667 bits per heavy atom. The Labute approximate surface area is 159 Å². The highest BCUT2D eigenvalue weighted by Gasteiger charge is 2.13. The molecule has 4 rings (SSSR count). The molecule has 0 aromatic heterocycles. The summed E-state index contributed by atoms with van der Waals surface area (Å²) >= 11 is 0. The van der Waals surface area contributed by atoms with Crippen molar-refractivity contribution in [3.8, 4) is 11.5 Å². The van der Waals surface area contributed by atoms with Gasteiger partial charge in [-0.25, -0.2) is 9.98 Å². The minimum atomic E-state index is 0.635. The molecule has 0 amide bonds. The fourth-order valence-corrected chi connectivity index (χ4v) is 3.20. The predicted molar refractivity (Wildman–Crippen MR) is 105 cm³/mol. The van der Waals surface area contributed by atoms with E-state index in [9.17, 15) is 0 Å². The fraction of sp³-hybridized carbons (Fsp3) is 0.333. The lowest BCUT2D eigenvalue weighted by atomic mass is 10.2. The number of aliphatic imine (C=N–C) groups is 2. The summed E-state index contributed by atoms with van der Waals surface area (Å²) in [6, 6.07) is 16.3. The smallest absolute Gasteiger partial charge is 0.227 e. The van der Waals surface area contributed by atoms with E-state index in [1.807, 2.05) is 24.3 Å². The summed E-state index contributed by atoms with van der Waals surface area (Å²) in [6.07, 6.45) is 0.838. The van der Waals surface area contributed by atoms with Crippen molar-refractivity contribution in [2.24, 2.45) is 9.98 Å². The summed E-state index contributed by atoms with van der Waals surface area (Å²) in [7, 11) is 0. The number of nitrogens with two attached hydrogens (primary N) is 2. The van der Waals surface area contributed by atoms with E-state index in [-0.39, 0.29) is 0 Å². The molecule has 0 aliphatic carbocycles. The highest BCUT2D eigenvalue weighted by molar-refractivity contribution is 5.92. The molecule has 0 atom stereocenters. The second-order valence-corrected chi connectivity index (χ2v) is 6.62. The van der Waals surface area contributed by atoms with Crippen molar-refractivity contribution in [1.29, 1.82) is 0 Å². The van der Waals surface area contributed by atoms with Crippen LogP contribution in [0, 0.1) is 0 Å². The number of hydrogen-bond donors (Lipinski definition) is 2. The molecule has 2 aliphatic rings. The van der Waals surface area contributed by atoms with Gasteiger partial charge in [-0.05, 0) is 48.5 Å². The molecule has 2 aromatic rings. The zero-order valence-electron chi connectivity index (χ0n) is 15.4. The Hall–Kier alpha value is -2.70. The lowest BCUT2D eigenvalue weighted by Gasteiger charge is -2.09. The van der Waals surface area contributed by atoms with Gasteiger partial charge in [-0.15, -0.1) is 0 Å². The second kappa shape index (κ2) is 8.79. The van der Waals surface area contributed by atoms with Crippen LogP contribution in [0.1, 0.15) is 17.5 Å². The second-order valence-electron chi connectivity index (χ2n) is 6.62. The van der Waals surface area contributed by atoms with Crippen molar-refractivity contribution in [1.82, 2.24) is 0 Å². The van der Waals surface area contributed by atoms with E-state index in [0.29, 0.717) is 13.2 Å². The Morgan fingerprint density at radius 2 is 1.11 bits per heavy atom. The quantitative estimate of drug-likeness (QED) is 0.654. The average molecular weight is 366 g/mol. The van der Waals surface area contributed by atoms with Gasteiger partial charge in [0, 0.05) is 6.42 Å². The molecule has 2 aliphatic heterocycles. The largest absolute Gasteiger partial charge is 0.493 e. The lowest BCUT2D eigenvalue weighted by Crippen LogP contribution is -2.86. The van der Waals surface area contributed by atoms with Crippen molar-refractivity contribution in [2.45, 2.75) is 6.42 Å². The highest BCUT2D eigenvalue weighted by atomic mass is 16.5. The summed E-state index contributed by atoms with van der Waals surface area (Å²) in [5.41, 5.74) is 2.32. The van der Waals surface area contributed by atoms with Crippen LogP contribution in [0.5, 0.6) is 11.5 Å². The molecular weight excluding hydrogens is 340 g/mol. The van der Waals surface area contributed by atoms with Gasteiger partial charge in [0.05, 0.1) is 37.4 Å². The summed E-state index contributed by atoms with van der Waals surface area (Å²) in [5, 5.41) is 4.36. The molecule has 140 valence electrons. The van der Waals surface area contributed by atoms with Gasteiger partial charge in [0.15, 0.2) is 0 Å². The molecule has 2 heterocycles. The fourth-order valence-electron chi connectivity index (χ4n) is 3.20. The number of amidine groups is 2. The molecule has 0 bridgehead atoms. The van der Waals surface area contributed by atoms with E-state index in [2.05, 4.69) is 44.9 Å². The van der Waals surface area contributed by atoms with Gasteiger partial charge < -0.3 is 9.47 Å². The molecule has 27 heavy (non-hydrogen) atoms. The zero-order valence-corrected chi connectivity index (χ0v) is 15.4. The van der Waals surface area contributed by atoms with Gasteiger partial charge in [0.2, 0.25) is 11.7 Å². The predicted octanol–water partition coefficient (Wildman–Crippen LogP) is 0.182. The minimum absolute atomic E-state index is 0.635. The van der Waals surface area contributed by atoms with Crippen LogP contribution < -0.4 is 20.1 Å². The normalized spacial score (nSPS) is 16.1. The maximum atomic E-state index is 5.80. The summed E-state index contributed by atoms with van der Waals surface area (Å²) in [5.74, 6) is 3.96. The van der Waals surface area contributed by atoms with Crippen LogP contribution >= 0.6 is 0 Å². The van der Waals surface area contributed by atoms with Crippen molar-refractivity contribution in [3.63, 3.8) is 0 Å². The molecular formula is C21H26N4O2+2. The van der Waals surface area contributed by atoms with Crippen LogP contribution in [0.15, 0.2) is 58.5 Å². The minimum Gasteiger partial charge on any atom is -0.493 e. The van der Waals surface area contributed by atoms with Gasteiger partial charge in [0.1, 0.15) is 24.6 Å². The SMILES string of the molecule is c1cc(C2=NCC[NH2+]2)ccc1OCCCOc1ccc(C2=NCC[NH2+]2)cc1. The molecule has 0 unspecified atom stereocenters. The first-order chi connectivity index (χ1) is 13.4.